The zero-order chi connectivity index (χ0) is 17.4. The molecule has 4 rings (SSSR count). The maximum absolute atomic E-state index is 12.8. The molecule has 1 fully saturated rings. The number of carbonyl (C=O) groups is 2. The van der Waals surface area contributed by atoms with E-state index in [1.807, 2.05) is 42.1 Å². The number of benzene rings is 1. The third-order valence-electron chi connectivity index (χ3n) is 4.73. The Bertz CT molecular complexity index is 942. The number of aromatic amines is 1. The Hall–Kier alpha value is -3.09. The highest BCUT2D eigenvalue weighted by atomic mass is 16.2. The quantitative estimate of drug-likeness (QED) is 0.678. The van der Waals surface area contributed by atoms with E-state index in [0.717, 1.165) is 16.6 Å². The lowest BCUT2D eigenvalue weighted by Crippen LogP contribution is -2.50. The number of hydrogen-bond acceptors (Lipinski definition) is 3. The Kier molecular flexibility index (Phi) is 3.76. The number of aryl methyl sites for hydroxylation is 1. The predicted molar refractivity (Wildman–Crippen MR) is 92.9 cm³/mol. The van der Waals surface area contributed by atoms with Crippen LogP contribution >= 0.6 is 0 Å². The number of carbonyl (C=O) groups excluding carboxylic acids is 2. The molecule has 3 aromatic rings. The molecule has 0 unspecified atom stereocenters. The first-order chi connectivity index (χ1) is 12.1. The summed E-state index contributed by atoms with van der Waals surface area (Å²) >= 11 is 0. The summed E-state index contributed by atoms with van der Waals surface area (Å²) < 4.78 is 1.86. The molecule has 1 saturated heterocycles. The third-order valence-corrected chi connectivity index (χ3v) is 4.73. The van der Waals surface area contributed by atoms with Crippen LogP contribution in [0.15, 0.2) is 43.0 Å². The van der Waals surface area contributed by atoms with Gasteiger partial charge in [0.25, 0.3) is 5.91 Å². The minimum absolute atomic E-state index is 0.00978. The van der Waals surface area contributed by atoms with Crippen LogP contribution in [0.25, 0.3) is 10.9 Å². The molecule has 1 aliphatic heterocycles. The van der Waals surface area contributed by atoms with E-state index in [1.165, 1.54) is 0 Å². The second-order valence-corrected chi connectivity index (χ2v) is 6.34. The third kappa shape index (κ3) is 2.77. The molecule has 1 aromatic carbocycles. The summed E-state index contributed by atoms with van der Waals surface area (Å²) in [6, 6.07) is 7.02. The van der Waals surface area contributed by atoms with Gasteiger partial charge in [-0.2, -0.15) is 0 Å². The van der Waals surface area contributed by atoms with Gasteiger partial charge in [-0.05, 0) is 24.6 Å². The molecule has 7 nitrogen and oxygen atoms in total. The van der Waals surface area contributed by atoms with E-state index >= 15 is 0 Å². The normalized spacial score (nSPS) is 20.4. The Morgan fingerprint density at radius 1 is 1.36 bits per heavy atom. The van der Waals surface area contributed by atoms with E-state index in [1.54, 1.807) is 12.5 Å². The van der Waals surface area contributed by atoms with E-state index in [0.29, 0.717) is 18.4 Å². The van der Waals surface area contributed by atoms with Gasteiger partial charge in [0.05, 0.1) is 30.3 Å². The summed E-state index contributed by atoms with van der Waals surface area (Å²) in [4.78, 5) is 31.9. The van der Waals surface area contributed by atoms with Gasteiger partial charge >= 0.3 is 0 Å². The number of rotatable bonds is 3. The Morgan fingerprint density at radius 3 is 3.04 bits per heavy atom. The maximum Gasteiger partial charge on any atom is 0.252 e. The molecule has 2 aromatic heterocycles. The van der Waals surface area contributed by atoms with Crippen LogP contribution in [0.2, 0.25) is 0 Å². The largest absolute Gasteiger partial charge is 0.361 e. The molecule has 0 aliphatic carbocycles. The van der Waals surface area contributed by atoms with Crippen molar-refractivity contribution in [2.75, 3.05) is 0 Å². The fourth-order valence-electron chi connectivity index (χ4n) is 3.43. The Labute approximate surface area is 144 Å². The molecule has 0 bridgehead atoms. The van der Waals surface area contributed by atoms with E-state index < -0.39 is 0 Å². The highest BCUT2D eigenvalue weighted by Gasteiger charge is 2.33. The number of H-pyrrole nitrogens is 1. The van der Waals surface area contributed by atoms with Gasteiger partial charge in [0.1, 0.15) is 0 Å². The maximum atomic E-state index is 12.8. The van der Waals surface area contributed by atoms with Crippen molar-refractivity contribution in [1.29, 1.82) is 0 Å². The zero-order valence-corrected chi connectivity index (χ0v) is 13.8. The van der Waals surface area contributed by atoms with Crippen LogP contribution in [-0.4, -0.2) is 32.4 Å². The monoisotopic (exact) mass is 337 g/mol. The molecule has 25 heavy (non-hydrogen) atoms. The minimum Gasteiger partial charge on any atom is -0.361 e. The van der Waals surface area contributed by atoms with Crippen LogP contribution < -0.4 is 10.6 Å². The van der Waals surface area contributed by atoms with E-state index in [-0.39, 0.29) is 23.9 Å². The summed E-state index contributed by atoms with van der Waals surface area (Å²) in [5, 5.41) is 6.96. The van der Waals surface area contributed by atoms with Crippen molar-refractivity contribution < 1.29 is 9.59 Å². The van der Waals surface area contributed by atoms with Crippen LogP contribution in [-0.2, 0) is 11.8 Å². The second kappa shape index (κ2) is 6.08. The minimum atomic E-state index is -0.289. The highest BCUT2D eigenvalue weighted by Crippen LogP contribution is 2.25. The second-order valence-electron chi connectivity index (χ2n) is 6.34. The molecule has 1 aliphatic rings. The summed E-state index contributed by atoms with van der Waals surface area (Å²) in [6.07, 6.45) is 6.22. The number of nitrogens with zero attached hydrogens (tertiary/aromatic N) is 2. The lowest BCUT2D eigenvalue weighted by molar-refractivity contribution is -0.123. The molecule has 0 saturated carbocycles. The number of nitrogens with one attached hydrogen (secondary N) is 3. The van der Waals surface area contributed by atoms with Crippen molar-refractivity contribution in [2.24, 2.45) is 7.05 Å². The summed E-state index contributed by atoms with van der Waals surface area (Å²) in [5.41, 5.74) is 2.42. The molecular formula is C18H19N5O2. The summed E-state index contributed by atoms with van der Waals surface area (Å²) in [6.45, 7) is 0. The van der Waals surface area contributed by atoms with Crippen molar-refractivity contribution >= 4 is 22.7 Å². The number of imidazole rings is 1. The fourth-order valence-corrected chi connectivity index (χ4v) is 3.43. The number of fused-ring (bicyclic) bond motifs is 1. The van der Waals surface area contributed by atoms with Gasteiger partial charge in [-0.1, -0.05) is 6.07 Å². The zero-order valence-electron chi connectivity index (χ0n) is 13.8. The van der Waals surface area contributed by atoms with Gasteiger partial charge in [0.15, 0.2) is 0 Å². The van der Waals surface area contributed by atoms with Crippen LogP contribution in [0.4, 0.5) is 0 Å². The summed E-state index contributed by atoms with van der Waals surface area (Å²) in [5.74, 6) is -0.150. The lowest BCUT2D eigenvalue weighted by atomic mass is 9.95. The average Bonchev–Trinajstić information content (AvgIpc) is 3.24. The molecule has 7 heteroatoms. The van der Waals surface area contributed by atoms with E-state index in [2.05, 4.69) is 20.6 Å². The van der Waals surface area contributed by atoms with Gasteiger partial charge in [0, 0.05) is 36.1 Å². The van der Waals surface area contributed by atoms with Crippen molar-refractivity contribution in [3.05, 3.63) is 54.2 Å². The molecule has 0 radical (unpaired) electrons. The number of hydrogen-bond donors (Lipinski definition) is 3. The van der Waals surface area contributed by atoms with Gasteiger partial charge in [-0.15, -0.1) is 0 Å². The molecule has 3 N–H and O–H groups in total. The SMILES string of the molecule is Cn1cncc1[C@@H]1NC(=O)CC[C@H]1NC(=O)c1cccc2[nH]ccc12. The predicted octanol–water partition coefficient (Wildman–Crippen LogP) is 1.65. The van der Waals surface area contributed by atoms with Gasteiger partial charge in [0.2, 0.25) is 5.91 Å². The first kappa shape index (κ1) is 15.4. The number of piperidine rings is 1. The van der Waals surface area contributed by atoms with Crippen molar-refractivity contribution in [3.63, 3.8) is 0 Å². The van der Waals surface area contributed by atoms with Crippen LogP contribution in [0.3, 0.4) is 0 Å². The Morgan fingerprint density at radius 2 is 2.24 bits per heavy atom. The fraction of sp³-hybridized carbons (Fsp3) is 0.278. The van der Waals surface area contributed by atoms with Crippen LogP contribution in [0.1, 0.15) is 34.9 Å². The van der Waals surface area contributed by atoms with Gasteiger partial charge in [-0.3, -0.25) is 9.59 Å². The van der Waals surface area contributed by atoms with Crippen molar-refractivity contribution in [1.82, 2.24) is 25.2 Å². The smallest absolute Gasteiger partial charge is 0.252 e. The van der Waals surface area contributed by atoms with Gasteiger partial charge < -0.3 is 20.2 Å². The van der Waals surface area contributed by atoms with E-state index in [9.17, 15) is 9.59 Å². The summed E-state index contributed by atoms with van der Waals surface area (Å²) in [7, 11) is 1.88. The average molecular weight is 337 g/mol. The van der Waals surface area contributed by atoms with E-state index in [4.69, 9.17) is 0 Å². The van der Waals surface area contributed by atoms with Crippen LogP contribution in [0.5, 0.6) is 0 Å². The lowest BCUT2D eigenvalue weighted by Gasteiger charge is -2.33. The van der Waals surface area contributed by atoms with Gasteiger partial charge in [-0.25, -0.2) is 4.98 Å². The molecular weight excluding hydrogens is 318 g/mol. The highest BCUT2D eigenvalue weighted by molar-refractivity contribution is 6.06. The molecule has 0 spiro atoms. The van der Waals surface area contributed by atoms with Crippen molar-refractivity contribution in [3.8, 4) is 0 Å². The molecule has 128 valence electrons. The molecule has 3 heterocycles. The standard InChI is InChI=1S/C18H19N5O2/c1-23-10-19-9-15(23)17-14(5-6-16(24)22-17)21-18(25)12-3-2-4-13-11(12)7-8-20-13/h2-4,7-10,14,17,20H,5-6H2,1H3,(H,21,25)(H,22,24)/t14-,17-/m1/s1. The molecule has 2 atom stereocenters. The number of amides is 2. The van der Waals surface area contributed by atoms with Crippen molar-refractivity contribution in [2.45, 2.75) is 24.9 Å². The van der Waals surface area contributed by atoms with Crippen LogP contribution in [0, 0.1) is 0 Å². The number of aromatic nitrogens is 3. The Balaban J connectivity index is 1.61. The first-order valence-electron chi connectivity index (χ1n) is 8.26. The first-order valence-corrected chi connectivity index (χ1v) is 8.26. The topological polar surface area (TPSA) is 91.8 Å². The molecule has 2 amide bonds.